The van der Waals surface area contributed by atoms with E-state index in [0.29, 0.717) is 10.8 Å². The Morgan fingerprint density at radius 3 is 2.75 bits per heavy atom. The van der Waals surface area contributed by atoms with Gasteiger partial charge in [-0.3, -0.25) is 0 Å². The van der Waals surface area contributed by atoms with E-state index >= 15 is 0 Å². The summed E-state index contributed by atoms with van der Waals surface area (Å²) in [7, 11) is 1.63. The first-order valence-corrected chi connectivity index (χ1v) is 5.12. The first kappa shape index (κ1) is 10.2. The van der Waals surface area contributed by atoms with Gasteiger partial charge < -0.3 is 4.74 Å². The number of hydrogen-bond acceptors (Lipinski definition) is 2. The quantitative estimate of drug-likeness (QED) is 0.807. The topological polar surface area (TPSA) is 9.23 Å². The van der Waals surface area contributed by atoms with E-state index in [0.717, 1.165) is 15.8 Å². The Labute approximate surface area is 90.6 Å². The van der Waals surface area contributed by atoms with Crippen molar-refractivity contribution in [3.05, 3.63) is 27.2 Å². The zero-order valence-corrected chi connectivity index (χ0v) is 9.71. The molecule has 0 aliphatic rings. The van der Waals surface area contributed by atoms with Crippen LogP contribution < -0.4 is 4.74 Å². The fourth-order valence-electron chi connectivity index (χ4n) is 0.960. The molecule has 0 fully saturated rings. The largest absolute Gasteiger partial charge is 0.495 e. The summed E-state index contributed by atoms with van der Waals surface area (Å²) in [5.41, 5.74) is 0.986. The van der Waals surface area contributed by atoms with E-state index in [4.69, 9.17) is 16.3 Å². The minimum Gasteiger partial charge on any atom is -0.495 e. The van der Waals surface area contributed by atoms with Gasteiger partial charge in [-0.05, 0) is 28.1 Å². The van der Waals surface area contributed by atoms with Crippen LogP contribution in [0, 0.1) is 0 Å². The summed E-state index contributed by atoms with van der Waals surface area (Å²) >= 11 is 13.4. The Hall–Kier alpha value is 0.140. The maximum Gasteiger partial charge on any atom is 0.137 e. The summed E-state index contributed by atoms with van der Waals surface area (Å²) in [6.45, 7) is 0. The number of methoxy groups -OCH3 is 1. The molecule has 66 valence electrons. The van der Waals surface area contributed by atoms with Crippen LogP contribution in [0.25, 0.3) is 0 Å². The SMILES string of the molecule is COc1c(Br)cc(Cl)cc1CS. The van der Waals surface area contributed by atoms with Crippen LogP contribution in [0.1, 0.15) is 5.56 Å². The molecule has 1 rings (SSSR count). The van der Waals surface area contributed by atoms with E-state index in [1.165, 1.54) is 0 Å². The van der Waals surface area contributed by atoms with Gasteiger partial charge >= 0.3 is 0 Å². The van der Waals surface area contributed by atoms with Gasteiger partial charge in [0.25, 0.3) is 0 Å². The molecular weight excluding hydrogens is 260 g/mol. The van der Waals surface area contributed by atoms with Gasteiger partial charge in [-0.1, -0.05) is 11.6 Å². The molecule has 0 aromatic heterocycles. The normalized spacial score (nSPS) is 10.0. The highest BCUT2D eigenvalue weighted by Crippen LogP contribution is 2.33. The molecule has 0 amide bonds. The van der Waals surface area contributed by atoms with Crippen LogP contribution in [0.2, 0.25) is 5.02 Å². The molecule has 0 heterocycles. The van der Waals surface area contributed by atoms with Crippen LogP contribution in [0.4, 0.5) is 0 Å². The first-order chi connectivity index (χ1) is 5.69. The molecule has 0 saturated carbocycles. The van der Waals surface area contributed by atoms with Crippen molar-refractivity contribution in [2.45, 2.75) is 5.75 Å². The Morgan fingerprint density at radius 1 is 1.58 bits per heavy atom. The molecule has 12 heavy (non-hydrogen) atoms. The lowest BCUT2D eigenvalue weighted by Gasteiger charge is -2.08. The number of ether oxygens (including phenoxy) is 1. The highest BCUT2D eigenvalue weighted by Gasteiger charge is 2.07. The molecule has 0 saturated heterocycles. The zero-order valence-electron chi connectivity index (χ0n) is 6.47. The number of thiol groups is 1. The van der Waals surface area contributed by atoms with Gasteiger partial charge in [-0.25, -0.2) is 0 Å². The molecule has 1 aromatic carbocycles. The highest BCUT2D eigenvalue weighted by atomic mass is 79.9. The Balaban J connectivity index is 3.24. The summed E-state index contributed by atoms with van der Waals surface area (Å²) in [4.78, 5) is 0. The van der Waals surface area contributed by atoms with Crippen molar-refractivity contribution < 1.29 is 4.74 Å². The monoisotopic (exact) mass is 266 g/mol. The van der Waals surface area contributed by atoms with Crippen LogP contribution >= 0.6 is 40.2 Å². The van der Waals surface area contributed by atoms with E-state index in [-0.39, 0.29) is 0 Å². The van der Waals surface area contributed by atoms with Gasteiger partial charge in [0.1, 0.15) is 5.75 Å². The predicted octanol–water partition coefficient (Wildman–Crippen LogP) is 3.54. The second-order valence-electron chi connectivity index (χ2n) is 2.24. The summed E-state index contributed by atoms with van der Waals surface area (Å²) in [6.07, 6.45) is 0. The molecule has 0 radical (unpaired) electrons. The van der Waals surface area contributed by atoms with Crippen LogP contribution in [-0.2, 0) is 5.75 Å². The van der Waals surface area contributed by atoms with E-state index < -0.39 is 0 Å². The van der Waals surface area contributed by atoms with Crippen molar-refractivity contribution in [3.63, 3.8) is 0 Å². The molecule has 0 atom stereocenters. The molecule has 0 spiro atoms. The minimum absolute atomic E-state index is 0.613. The van der Waals surface area contributed by atoms with Gasteiger partial charge in [0, 0.05) is 16.3 Å². The van der Waals surface area contributed by atoms with Crippen molar-refractivity contribution in [1.82, 2.24) is 0 Å². The number of hydrogen-bond donors (Lipinski definition) is 1. The highest BCUT2D eigenvalue weighted by molar-refractivity contribution is 9.10. The maximum atomic E-state index is 5.84. The zero-order chi connectivity index (χ0) is 9.14. The smallest absolute Gasteiger partial charge is 0.137 e. The molecule has 0 bridgehead atoms. The van der Waals surface area contributed by atoms with Crippen LogP contribution in [0.3, 0.4) is 0 Å². The summed E-state index contributed by atoms with van der Waals surface area (Å²) < 4.78 is 6.03. The van der Waals surface area contributed by atoms with Crippen molar-refractivity contribution in [2.75, 3.05) is 7.11 Å². The predicted molar refractivity (Wildman–Crippen MR) is 58.4 cm³/mol. The number of rotatable bonds is 2. The second-order valence-corrected chi connectivity index (χ2v) is 3.85. The average Bonchev–Trinajstić information content (AvgIpc) is 2.03. The fraction of sp³-hybridized carbons (Fsp3) is 0.250. The van der Waals surface area contributed by atoms with E-state index in [1.54, 1.807) is 13.2 Å². The van der Waals surface area contributed by atoms with Crippen LogP contribution in [0.5, 0.6) is 5.75 Å². The Kier molecular flexibility index (Phi) is 3.75. The molecule has 1 aromatic rings. The molecule has 0 N–H and O–H groups in total. The van der Waals surface area contributed by atoms with Gasteiger partial charge in [-0.15, -0.1) is 0 Å². The third kappa shape index (κ3) is 2.09. The van der Waals surface area contributed by atoms with E-state index in [2.05, 4.69) is 28.6 Å². The van der Waals surface area contributed by atoms with Crippen LogP contribution in [-0.4, -0.2) is 7.11 Å². The number of benzene rings is 1. The van der Waals surface area contributed by atoms with Gasteiger partial charge in [0.15, 0.2) is 0 Å². The second kappa shape index (κ2) is 4.40. The van der Waals surface area contributed by atoms with Crippen molar-refractivity contribution in [3.8, 4) is 5.75 Å². The van der Waals surface area contributed by atoms with Gasteiger partial charge in [0.05, 0.1) is 11.6 Å². The molecule has 0 aliphatic carbocycles. The molecule has 4 heteroatoms. The first-order valence-electron chi connectivity index (χ1n) is 3.31. The molecule has 1 nitrogen and oxygen atoms in total. The lowest BCUT2D eigenvalue weighted by Crippen LogP contribution is -1.90. The fourth-order valence-corrected chi connectivity index (χ4v) is 2.23. The summed E-state index contributed by atoms with van der Waals surface area (Å²) in [6, 6.07) is 3.64. The van der Waals surface area contributed by atoms with Crippen molar-refractivity contribution >= 4 is 40.2 Å². The Bertz CT molecular complexity index is 291. The molecule has 0 aliphatic heterocycles. The molecular formula is C8H8BrClOS. The summed E-state index contributed by atoms with van der Waals surface area (Å²) in [5.74, 6) is 1.41. The van der Waals surface area contributed by atoms with Gasteiger partial charge in [0.2, 0.25) is 0 Å². The molecule has 0 unspecified atom stereocenters. The average molecular weight is 268 g/mol. The van der Waals surface area contributed by atoms with Crippen molar-refractivity contribution in [2.24, 2.45) is 0 Å². The van der Waals surface area contributed by atoms with Crippen molar-refractivity contribution in [1.29, 1.82) is 0 Å². The summed E-state index contributed by atoms with van der Waals surface area (Å²) in [5, 5.41) is 0.687. The Morgan fingerprint density at radius 2 is 2.25 bits per heavy atom. The minimum atomic E-state index is 0.613. The third-order valence-electron chi connectivity index (χ3n) is 1.46. The van der Waals surface area contributed by atoms with Gasteiger partial charge in [-0.2, -0.15) is 12.6 Å². The lowest BCUT2D eigenvalue weighted by atomic mass is 10.2. The van der Waals surface area contributed by atoms with E-state index in [9.17, 15) is 0 Å². The maximum absolute atomic E-state index is 5.84. The standard InChI is InChI=1S/C8H8BrClOS/c1-11-8-5(4-12)2-6(10)3-7(8)9/h2-3,12H,4H2,1H3. The van der Waals surface area contributed by atoms with Crippen LogP contribution in [0.15, 0.2) is 16.6 Å². The third-order valence-corrected chi connectivity index (χ3v) is 2.61. The lowest BCUT2D eigenvalue weighted by molar-refractivity contribution is 0.408. The van der Waals surface area contributed by atoms with E-state index in [1.807, 2.05) is 6.07 Å². The number of halogens is 2.